The number of aryl methyl sites for hydroxylation is 1. The van der Waals surface area contributed by atoms with Crippen LogP contribution < -0.4 is 14.8 Å². The largest absolute Gasteiger partial charge is 0.486 e. The van der Waals surface area contributed by atoms with E-state index >= 15 is 0 Å². The van der Waals surface area contributed by atoms with Gasteiger partial charge in [0.1, 0.15) is 13.2 Å². The Bertz CT molecular complexity index is 800. The van der Waals surface area contributed by atoms with Gasteiger partial charge in [-0.2, -0.15) is 0 Å². The zero-order chi connectivity index (χ0) is 17.1. The van der Waals surface area contributed by atoms with Crippen molar-refractivity contribution in [2.45, 2.75) is 13.3 Å². The van der Waals surface area contributed by atoms with Gasteiger partial charge in [-0.1, -0.05) is 17.7 Å². The first-order chi connectivity index (χ1) is 11.5. The zero-order valence-electron chi connectivity index (χ0n) is 13.2. The van der Waals surface area contributed by atoms with Crippen LogP contribution in [0.3, 0.4) is 0 Å². The molecule has 2 N–H and O–H groups in total. The van der Waals surface area contributed by atoms with E-state index in [9.17, 15) is 14.7 Å². The first-order valence-electron chi connectivity index (χ1n) is 7.55. The molecule has 1 amide bonds. The molecule has 0 spiro atoms. The number of ether oxygens (including phenoxy) is 2. The summed E-state index contributed by atoms with van der Waals surface area (Å²) in [4.78, 5) is 23.5. The minimum Gasteiger partial charge on any atom is -0.486 e. The Balaban J connectivity index is 1.73. The summed E-state index contributed by atoms with van der Waals surface area (Å²) in [5.41, 5.74) is 1.94. The van der Waals surface area contributed by atoms with Crippen LogP contribution in [0.1, 0.15) is 21.5 Å². The van der Waals surface area contributed by atoms with Gasteiger partial charge in [0, 0.05) is 0 Å². The van der Waals surface area contributed by atoms with Crippen molar-refractivity contribution in [3.63, 3.8) is 0 Å². The average molecular weight is 327 g/mol. The smallest absolute Gasteiger partial charge is 0.337 e. The molecule has 0 saturated heterocycles. The maximum atomic E-state index is 12.2. The van der Waals surface area contributed by atoms with E-state index in [1.165, 1.54) is 6.07 Å². The van der Waals surface area contributed by atoms with Gasteiger partial charge in [-0.3, -0.25) is 4.79 Å². The number of carboxylic acids is 1. The average Bonchev–Trinajstić information content (AvgIpc) is 2.56. The summed E-state index contributed by atoms with van der Waals surface area (Å²) in [6, 6.07) is 10.2. The summed E-state index contributed by atoms with van der Waals surface area (Å²) >= 11 is 0. The van der Waals surface area contributed by atoms with Crippen molar-refractivity contribution < 1.29 is 24.2 Å². The van der Waals surface area contributed by atoms with E-state index in [-0.39, 0.29) is 23.6 Å². The Morgan fingerprint density at radius 2 is 1.83 bits per heavy atom. The Hall–Kier alpha value is -3.02. The Kier molecular flexibility index (Phi) is 4.37. The van der Waals surface area contributed by atoms with Crippen LogP contribution in [0.25, 0.3) is 0 Å². The number of aromatic carboxylic acids is 1. The molecule has 24 heavy (non-hydrogen) atoms. The number of hydrogen-bond donors (Lipinski definition) is 2. The Labute approximate surface area is 139 Å². The second kappa shape index (κ2) is 6.62. The van der Waals surface area contributed by atoms with Crippen LogP contribution in [0, 0.1) is 6.92 Å². The summed E-state index contributed by atoms with van der Waals surface area (Å²) in [6.07, 6.45) is 0.115. The number of anilines is 1. The number of carboxylic acid groups (broad SMARTS) is 1. The second-order valence-electron chi connectivity index (χ2n) is 5.56. The molecule has 1 aliphatic rings. The first-order valence-corrected chi connectivity index (χ1v) is 7.55. The molecule has 3 rings (SSSR count). The van der Waals surface area contributed by atoms with Gasteiger partial charge in [-0.15, -0.1) is 0 Å². The lowest BCUT2D eigenvalue weighted by molar-refractivity contribution is -0.115. The molecule has 2 aromatic carbocycles. The monoisotopic (exact) mass is 327 g/mol. The second-order valence-corrected chi connectivity index (χ2v) is 5.56. The molecule has 6 heteroatoms. The normalized spacial score (nSPS) is 12.5. The van der Waals surface area contributed by atoms with Crippen LogP contribution in [0.5, 0.6) is 11.5 Å². The highest BCUT2D eigenvalue weighted by Gasteiger charge is 2.15. The third-order valence-electron chi connectivity index (χ3n) is 3.65. The van der Waals surface area contributed by atoms with Crippen LogP contribution in [-0.2, 0) is 11.2 Å². The fourth-order valence-electron chi connectivity index (χ4n) is 2.52. The van der Waals surface area contributed by atoms with Gasteiger partial charge < -0.3 is 19.9 Å². The zero-order valence-corrected chi connectivity index (χ0v) is 13.2. The highest BCUT2D eigenvalue weighted by molar-refractivity contribution is 6.01. The highest BCUT2D eigenvalue weighted by Crippen LogP contribution is 2.31. The van der Waals surface area contributed by atoms with Crippen molar-refractivity contribution in [2.24, 2.45) is 0 Å². The molecule has 0 aromatic heterocycles. The molecule has 0 saturated carbocycles. The first kappa shape index (κ1) is 15.9. The number of carbonyl (C=O) groups excluding carboxylic acids is 1. The molecule has 2 aromatic rings. The fourth-order valence-corrected chi connectivity index (χ4v) is 2.52. The molecule has 0 atom stereocenters. The lowest BCUT2D eigenvalue weighted by atomic mass is 10.1. The lowest BCUT2D eigenvalue weighted by Gasteiger charge is -2.18. The van der Waals surface area contributed by atoms with Crippen LogP contribution in [-0.4, -0.2) is 30.2 Å². The summed E-state index contributed by atoms with van der Waals surface area (Å²) in [6.45, 7) is 2.79. The minimum absolute atomic E-state index is 0.0746. The maximum Gasteiger partial charge on any atom is 0.337 e. The molecule has 0 unspecified atom stereocenters. The van der Waals surface area contributed by atoms with Gasteiger partial charge in [-0.25, -0.2) is 4.79 Å². The van der Waals surface area contributed by atoms with E-state index in [0.29, 0.717) is 24.7 Å². The number of nitrogens with one attached hydrogen (secondary N) is 1. The van der Waals surface area contributed by atoms with Crippen molar-refractivity contribution in [1.29, 1.82) is 0 Å². The number of amides is 1. The van der Waals surface area contributed by atoms with Crippen molar-refractivity contribution in [3.05, 3.63) is 53.1 Å². The molecule has 6 nitrogen and oxygen atoms in total. The molecule has 0 bridgehead atoms. The number of carbonyl (C=O) groups is 2. The van der Waals surface area contributed by atoms with Gasteiger partial charge in [0.25, 0.3) is 0 Å². The van der Waals surface area contributed by atoms with Gasteiger partial charge in [-0.05, 0) is 36.8 Å². The maximum absolute atomic E-state index is 12.2. The summed E-state index contributed by atoms with van der Waals surface area (Å²) in [7, 11) is 0. The van der Waals surface area contributed by atoms with Gasteiger partial charge in [0.2, 0.25) is 5.91 Å². The van der Waals surface area contributed by atoms with E-state index < -0.39 is 5.97 Å². The molecular formula is C18H17NO5. The van der Waals surface area contributed by atoms with Crippen molar-refractivity contribution in [2.75, 3.05) is 18.5 Å². The Morgan fingerprint density at radius 1 is 1.08 bits per heavy atom. The SMILES string of the molecule is Cc1ccc(NC(=O)Cc2ccc3c(c2)OCCO3)c(C(=O)O)c1. The topological polar surface area (TPSA) is 84.9 Å². The number of benzene rings is 2. The van der Waals surface area contributed by atoms with E-state index in [1.54, 1.807) is 37.3 Å². The molecule has 1 aliphatic heterocycles. The van der Waals surface area contributed by atoms with Crippen molar-refractivity contribution in [1.82, 2.24) is 0 Å². The van der Waals surface area contributed by atoms with E-state index in [0.717, 1.165) is 11.1 Å². The molecule has 0 radical (unpaired) electrons. The fraction of sp³-hybridized carbons (Fsp3) is 0.222. The quantitative estimate of drug-likeness (QED) is 0.902. The molecule has 0 fully saturated rings. The van der Waals surface area contributed by atoms with Gasteiger partial charge in [0.15, 0.2) is 11.5 Å². The molecule has 1 heterocycles. The summed E-state index contributed by atoms with van der Waals surface area (Å²) in [5.74, 6) is -0.0865. The van der Waals surface area contributed by atoms with E-state index in [1.807, 2.05) is 0 Å². The summed E-state index contributed by atoms with van der Waals surface area (Å²) in [5, 5.41) is 11.9. The van der Waals surface area contributed by atoms with Crippen LogP contribution in [0.4, 0.5) is 5.69 Å². The standard InChI is InChI=1S/C18H17NO5/c1-11-2-4-14(13(8-11)18(21)22)19-17(20)10-12-3-5-15-16(9-12)24-7-6-23-15/h2-5,8-9H,6-7,10H2,1H3,(H,19,20)(H,21,22). The van der Waals surface area contributed by atoms with Crippen LogP contribution in [0.2, 0.25) is 0 Å². The third kappa shape index (κ3) is 3.48. The van der Waals surface area contributed by atoms with Gasteiger partial charge >= 0.3 is 5.97 Å². The van der Waals surface area contributed by atoms with Gasteiger partial charge in [0.05, 0.1) is 17.7 Å². The Morgan fingerprint density at radius 3 is 2.58 bits per heavy atom. The molecular weight excluding hydrogens is 310 g/mol. The number of fused-ring (bicyclic) bond motifs is 1. The minimum atomic E-state index is -1.08. The predicted octanol–water partition coefficient (Wildman–Crippen LogP) is 2.65. The number of hydrogen-bond acceptors (Lipinski definition) is 4. The van der Waals surface area contributed by atoms with E-state index in [4.69, 9.17) is 9.47 Å². The van der Waals surface area contributed by atoms with Crippen molar-refractivity contribution >= 4 is 17.6 Å². The number of rotatable bonds is 4. The lowest BCUT2D eigenvalue weighted by Crippen LogP contribution is -2.18. The third-order valence-corrected chi connectivity index (χ3v) is 3.65. The van der Waals surface area contributed by atoms with Crippen molar-refractivity contribution in [3.8, 4) is 11.5 Å². The molecule has 0 aliphatic carbocycles. The predicted molar refractivity (Wildman–Crippen MR) is 87.9 cm³/mol. The summed E-state index contributed by atoms with van der Waals surface area (Å²) < 4.78 is 10.9. The molecule has 124 valence electrons. The van der Waals surface area contributed by atoms with Crippen LogP contribution in [0.15, 0.2) is 36.4 Å². The highest BCUT2D eigenvalue weighted by atomic mass is 16.6. The van der Waals surface area contributed by atoms with E-state index in [2.05, 4.69) is 5.32 Å². The van der Waals surface area contributed by atoms with Crippen LogP contribution >= 0.6 is 0 Å².